The topological polar surface area (TPSA) is 133 Å². The van der Waals surface area contributed by atoms with Gasteiger partial charge in [0.2, 0.25) is 0 Å². The number of rotatable bonds is 12. The molecule has 0 amide bonds. The van der Waals surface area contributed by atoms with E-state index in [1.807, 2.05) is 24.3 Å². The maximum atomic E-state index is 11.9. The van der Waals surface area contributed by atoms with Crippen LogP contribution >= 0.6 is 0 Å². The summed E-state index contributed by atoms with van der Waals surface area (Å²) in [6.45, 7) is 8.51. The Balaban J connectivity index is 2.21. The molecule has 1 aromatic rings. The number of benzene rings is 1. The average molecular weight is 509 g/mol. The van der Waals surface area contributed by atoms with Gasteiger partial charge < -0.3 is 33.2 Å². The van der Waals surface area contributed by atoms with Crippen molar-refractivity contribution in [2.75, 3.05) is 19.8 Å². The van der Waals surface area contributed by atoms with Gasteiger partial charge in [-0.1, -0.05) is 24.8 Å². The van der Waals surface area contributed by atoms with E-state index in [4.69, 9.17) is 33.2 Å². The zero-order valence-electron chi connectivity index (χ0n) is 20.8. The lowest BCUT2D eigenvalue weighted by Gasteiger charge is -2.44. The van der Waals surface area contributed by atoms with E-state index in [2.05, 4.69) is 6.58 Å². The van der Waals surface area contributed by atoms with E-state index in [9.17, 15) is 19.2 Å². The molecule has 0 bridgehead atoms. The van der Waals surface area contributed by atoms with Gasteiger partial charge in [-0.15, -0.1) is 0 Å². The predicted octanol–water partition coefficient (Wildman–Crippen LogP) is 1.89. The standard InChI is InChI=1S/C25H32O11/c1-6-12-30-20-9-7-19(8-10-20)11-13-31-25-24(35-18(5)29)23(34-17(4)28)22(33-16(3)27)21(36-25)14-32-15(2)26/h6-10,21-25H,1,11-14H2,2-5H3/t21-,22-,23+,24-,25-/m1/s1. The van der Waals surface area contributed by atoms with E-state index in [0.717, 1.165) is 19.4 Å². The Kier molecular flexibility index (Phi) is 11.4. The molecule has 5 atom stereocenters. The summed E-state index contributed by atoms with van der Waals surface area (Å²) in [5.41, 5.74) is 0.937. The molecule has 11 nitrogen and oxygen atoms in total. The highest BCUT2D eigenvalue weighted by atomic mass is 16.7. The van der Waals surface area contributed by atoms with E-state index < -0.39 is 54.6 Å². The van der Waals surface area contributed by atoms with E-state index >= 15 is 0 Å². The summed E-state index contributed by atoms with van der Waals surface area (Å²) in [5, 5.41) is 0. The monoisotopic (exact) mass is 508 g/mol. The summed E-state index contributed by atoms with van der Waals surface area (Å²) < 4.78 is 38.4. The molecule has 0 aliphatic carbocycles. The minimum absolute atomic E-state index is 0.139. The molecule has 0 radical (unpaired) electrons. The molecule has 2 rings (SSSR count). The highest BCUT2D eigenvalue weighted by Crippen LogP contribution is 2.30. The number of hydrogen-bond donors (Lipinski definition) is 0. The Bertz CT molecular complexity index is 911. The lowest BCUT2D eigenvalue weighted by molar-refractivity contribution is -0.307. The van der Waals surface area contributed by atoms with Crippen LogP contribution in [-0.2, 0) is 54.0 Å². The minimum atomic E-state index is -1.27. The summed E-state index contributed by atoms with van der Waals surface area (Å²) in [5.74, 6) is -2.00. The fourth-order valence-corrected chi connectivity index (χ4v) is 3.52. The number of hydrogen-bond acceptors (Lipinski definition) is 11. The predicted molar refractivity (Wildman–Crippen MR) is 124 cm³/mol. The smallest absolute Gasteiger partial charge is 0.303 e. The second-order valence-corrected chi connectivity index (χ2v) is 7.93. The van der Waals surface area contributed by atoms with Crippen LogP contribution < -0.4 is 4.74 Å². The molecule has 1 fully saturated rings. The summed E-state index contributed by atoms with van der Waals surface area (Å²) >= 11 is 0. The van der Waals surface area contributed by atoms with Gasteiger partial charge in [-0.3, -0.25) is 19.2 Å². The first-order chi connectivity index (χ1) is 17.1. The number of ether oxygens (including phenoxy) is 7. The maximum absolute atomic E-state index is 11.9. The van der Waals surface area contributed by atoms with Crippen LogP contribution in [0.25, 0.3) is 0 Å². The molecular weight excluding hydrogens is 476 g/mol. The lowest BCUT2D eigenvalue weighted by Crippen LogP contribution is -2.63. The third-order valence-electron chi connectivity index (χ3n) is 4.91. The van der Waals surface area contributed by atoms with Gasteiger partial charge in [-0.2, -0.15) is 0 Å². The van der Waals surface area contributed by atoms with Crippen molar-refractivity contribution in [3.8, 4) is 5.75 Å². The van der Waals surface area contributed by atoms with E-state index in [-0.39, 0.29) is 13.2 Å². The fraction of sp³-hybridized carbons (Fsp3) is 0.520. The summed E-state index contributed by atoms with van der Waals surface area (Å²) in [6, 6.07) is 7.37. The van der Waals surface area contributed by atoms with E-state index in [1.165, 1.54) is 13.8 Å². The molecule has 0 spiro atoms. The fourth-order valence-electron chi connectivity index (χ4n) is 3.52. The molecule has 36 heavy (non-hydrogen) atoms. The largest absolute Gasteiger partial charge is 0.490 e. The van der Waals surface area contributed by atoms with Gasteiger partial charge in [0.05, 0.1) is 6.61 Å². The van der Waals surface area contributed by atoms with Crippen molar-refractivity contribution in [3.05, 3.63) is 42.5 Å². The van der Waals surface area contributed by atoms with Crippen LogP contribution in [0, 0.1) is 0 Å². The van der Waals surface area contributed by atoms with Crippen LogP contribution in [0.5, 0.6) is 5.75 Å². The normalized spacial score (nSPS) is 23.2. The lowest BCUT2D eigenvalue weighted by atomic mass is 9.98. The van der Waals surface area contributed by atoms with Crippen LogP contribution in [0.15, 0.2) is 36.9 Å². The van der Waals surface area contributed by atoms with Gasteiger partial charge in [-0.05, 0) is 24.1 Å². The molecule has 0 unspecified atom stereocenters. The third-order valence-corrected chi connectivity index (χ3v) is 4.91. The molecule has 1 aromatic carbocycles. The Morgan fingerprint density at radius 2 is 1.44 bits per heavy atom. The third kappa shape index (κ3) is 9.31. The molecule has 198 valence electrons. The van der Waals surface area contributed by atoms with Crippen LogP contribution in [0.2, 0.25) is 0 Å². The van der Waals surface area contributed by atoms with Crippen molar-refractivity contribution < 1.29 is 52.3 Å². The van der Waals surface area contributed by atoms with Crippen molar-refractivity contribution in [1.82, 2.24) is 0 Å². The Morgan fingerprint density at radius 1 is 0.861 bits per heavy atom. The van der Waals surface area contributed by atoms with Gasteiger partial charge in [0.15, 0.2) is 24.6 Å². The van der Waals surface area contributed by atoms with Crippen molar-refractivity contribution in [2.24, 2.45) is 0 Å². The van der Waals surface area contributed by atoms with Gasteiger partial charge in [-0.25, -0.2) is 0 Å². The van der Waals surface area contributed by atoms with Gasteiger partial charge in [0.1, 0.15) is 25.1 Å². The second kappa shape index (κ2) is 14.2. The molecule has 11 heteroatoms. The molecule has 1 aliphatic rings. The van der Waals surface area contributed by atoms with Crippen molar-refractivity contribution >= 4 is 23.9 Å². The van der Waals surface area contributed by atoms with Crippen LogP contribution in [0.1, 0.15) is 33.3 Å². The highest BCUT2D eigenvalue weighted by molar-refractivity contribution is 5.68. The van der Waals surface area contributed by atoms with Crippen LogP contribution in [0.4, 0.5) is 0 Å². The Labute approximate surface area is 209 Å². The zero-order chi connectivity index (χ0) is 26.7. The van der Waals surface area contributed by atoms with Crippen molar-refractivity contribution in [3.63, 3.8) is 0 Å². The first-order valence-electron chi connectivity index (χ1n) is 11.4. The Hall–Kier alpha value is -3.44. The van der Waals surface area contributed by atoms with E-state index in [1.54, 1.807) is 6.08 Å². The van der Waals surface area contributed by atoms with Crippen LogP contribution in [-0.4, -0.2) is 74.4 Å². The number of carbonyl (C=O) groups is 4. The molecule has 0 N–H and O–H groups in total. The minimum Gasteiger partial charge on any atom is -0.490 e. The average Bonchev–Trinajstić information content (AvgIpc) is 2.80. The molecule has 0 aromatic heterocycles. The molecule has 1 aliphatic heterocycles. The van der Waals surface area contributed by atoms with Gasteiger partial charge >= 0.3 is 23.9 Å². The van der Waals surface area contributed by atoms with E-state index in [0.29, 0.717) is 18.8 Å². The van der Waals surface area contributed by atoms with Crippen molar-refractivity contribution in [2.45, 2.75) is 64.8 Å². The molecule has 1 heterocycles. The molecule has 1 saturated heterocycles. The van der Waals surface area contributed by atoms with Crippen molar-refractivity contribution in [1.29, 1.82) is 0 Å². The zero-order valence-corrected chi connectivity index (χ0v) is 20.8. The van der Waals surface area contributed by atoms with Gasteiger partial charge in [0, 0.05) is 27.7 Å². The first-order valence-corrected chi connectivity index (χ1v) is 11.4. The first kappa shape index (κ1) is 28.8. The summed E-state index contributed by atoms with van der Waals surface area (Å²) in [4.78, 5) is 46.9. The number of esters is 4. The Morgan fingerprint density at radius 3 is 2.00 bits per heavy atom. The molecular formula is C25H32O11. The highest BCUT2D eigenvalue weighted by Gasteiger charge is 2.52. The number of carbonyl (C=O) groups excluding carboxylic acids is 4. The maximum Gasteiger partial charge on any atom is 0.303 e. The SMILES string of the molecule is C=CCOc1ccc(CCO[C@@H]2O[C@H](COC(C)=O)[C@@H](OC(C)=O)[C@H](OC(C)=O)[C@H]2OC(C)=O)cc1. The van der Waals surface area contributed by atoms with Gasteiger partial charge in [0.25, 0.3) is 0 Å². The quantitative estimate of drug-likeness (QED) is 0.233. The summed E-state index contributed by atoms with van der Waals surface area (Å²) in [7, 11) is 0. The molecule has 0 saturated carbocycles. The van der Waals surface area contributed by atoms with Crippen LogP contribution in [0.3, 0.4) is 0 Å². The second-order valence-electron chi connectivity index (χ2n) is 7.93. The summed E-state index contributed by atoms with van der Waals surface area (Å²) in [6.07, 6.45) is -3.89.